The van der Waals surface area contributed by atoms with E-state index in [1.165, 1.54) is 30.4 Å². The number of carbonyl (C=O) groups excluding carboxylic acids is 1. The molecule has 168 valence electrons. The third-order valence-corrected chi connectivity index (χ3v) is 9.95. The number of fused-ring (bicyclic) bond motifs is 5. The number of aliphatic hydroxyl groups is 1. The minimum absolute atomic E-state index is 0.139. The van der Waals surface area contributed by atoms with E-state index in [1.54, 1.807) is 0 Å². The van der Waals surface area contributed by atoms with E-state index in [0.717, 1.165) is 51.0 Å². The van der Waals surface area contributed by atoms with Crippen LogP contribution in [0.4, 0.5) is 0 Å². The number of hydrogen-bond donors (Lipinski definition) is 2. The second kappa shape index (κ2) is 8.06. The van der Waals surface area contributed by atoms with Crippen LogP contribution in [0.3, 0.4) is 0 Å². The predicted octanol–water partition coefficient (Wildman–Crippen LogP) is 5.29. The number of aliphatic hydroxyl groups excluding tert-OH is 1. The average Bonchev–Trinajstić information content (AvgIpc) is 3.12. The summed E-state index contributed by atoms with van der Waals surface area (Å²) in [5.41, 5.74) is 3.24. The Balaban J connectivity index is 1.27. The van der Waals surface area contributed by atoms with E-state index >= 15 is 0 Å². The average molecular weight is 422 g/mol. The second-order valence-corrected chi connectivity index (χ2v) is 11.4. The topological polar surface area (TPSA) is 49.3 Å². The van der Waals surface area contributed by atoms with E-state index in [1.807, 2.05) is 6.07 Å². The van der Waals surface area contributed by atoms with Crippen LogP contribution in [0.2, 0.25) is 0 Å². The summed E-state index contributed by atoms with van der Waals surface area (Å²) in [5, 5.41) is 13.5. The van der Waals surface area contributed by atoms with Crippen LogP contribution >= 0.6 is 0 Å². The van der Waals surface area contributed by atoms with Crippen LogP contribution in [0.5, 0.6) is 0 Å². The fourth-order valence-corrected chi connectivity index (χ4v) is 8.17. The normalized spacial score (nSPS) is 41.5. The highest BCUT2D eigenvalue weighted by atomic mass is 16.3. The maximum atomic E-state index is 13.2. The molecule has 0 spiro atoms. The molecule has 1 aromatic carbocycles. The van der Waals surface area contributed by atoms with Gasteiger partial charge in [0.2, 0.25) is 5.91 Å². The molecule has 31 heavy (non-hydrogen) atoms. The molecule has 0 radical (unpaired) electrons. The smallest absolute Gasteiger partial charge is 0.223 e. The zero-order valence-electron chi connectivity index (χ0n) is 19.3. The van der Waals surface area contributed by atoms with Gasteiger partial charge in [-0.05, 0) is 91.9 Å². The zero-order valence-corrected chi connectivity index (χ0v) is 19.3. The molecule has 3 nitrogen and oxygen atoms in total. The molecular formula is C28H39NO2. The van der Waals surface area contributed by atoms with Crippen LogP contribution in [0, 0.1) is 34.5 Å². The number of amides is 1. The molecule has 0 saturated heterocycles. The second-order valence-electron chi connectivity index (χ2n) is 11.4. The minimum Gasteiger partial charge on any atom is -0.393 e. The van der Waals surface area contributed by atoms with Crippen molar-refractivity contribution in [2.24, 2.45) is 34.5 Å². The van der Waals surface area contributed by atoms with E-state index in [2.05, 4.69) is 49.5 Å². The first-order chi connectivity index (χ1) is 14.9. The highest BCUT2D eigenvalue weighted by molar-refractivity contribution is 5.80. The summed E-state index contributed by atoms with van der Waals surface area (Å²) in [6.45, 7) is 5.64. The molecular weight excluding hydrogens is 382 g/mol. The molecule has 0 aromatic heterocycles. The number of allylic oxidation sites excluding steroid dienone is 1. The maximum Gasteiger partial charge on any atom is 0.223 e. The van der Waals surface area contributed by atoms with E-state index in [9.17, 15) is 9.90 Å². The molecule has 2 N–H and O–H groups in total. The molecule has 3 saturated carbocycles. The molecule has 7 atom stereocenters. The summed E-state index contributed by atoms with van der Waals surface area (Å²) in [6, 6.07) is 10.4. The molecule has 5 rings (SSSR count). The summed E-state index contributed by atoms with van der Waals surface area (Å²) in [7, 11) is 0. The Labute approximate surface area is 187 Å². The van der Waals surface area contributed by atoms with Crippen LogP contribution in [0.1, 0.15) is 70.8 Å². The minimum atomic E-state index is -0.139. The standard InChI is InChI=1S/C28H39NO2/c1-27-15-12-21(30)18-20(27)8-9-22-23-10-11-25(28(23,2)16-13-24(22)27)26(31)29-17-14-19-6-4-3-5-7-19/h3-8,21-25,30H,9-18H2,1-2H3,(H,29,31)/t21-,22-,23-,24-,25+,27-,28-/m0/s1. The molecule has 1 amide bonds. The monoisotopic (exact) mass is 421 g/mol. The van der Waals surface area contributed by atoms with Crippen LogP contribution in [-0.4, -0.2) is 23.7 Å². The van der Waals surface area contributed by atoms with Crippen molar-refractivity contribution < 1.29 is 9.90 Å². The van der Waals surface area contributed by atoms with Gasteiger partial charge in [0, 0.05) is 12.5 Å². The van der Waals surface area contributed by atoms with Crippen LogP contribution in [-0.2, 0) is 11.2 Å². The molecule has 3 heteroatoms. The summed E-state index contributed by atoms with van der Waals surface area (Å²) in [4.78, 5) is 13.2. The van der Waals surface area contributed by atoms with Crippen LogP contribution in [0.15, 0.2) is 42.0 Å². The van der Waals surface area contributed by atoms with Gasteiger partial charge in [-0.25, -0.2) is 0 Å². The number of benzene rings is 1. The summed E-state index contributed by atoms with van der Waals surface area (Å²) in [6.07, 6.45) is 12.1. The molecule has 0 bridgehead atoms. The van der Waals surface area contributed by atoms with Crippen LogP contribution < -0.4 is 5.32 Å². The zero-order chi connectivity index (χ0) is 21.6. The van der Waals surface area contributed by atoms with Gasteiger partial charge >= 0.3 is 0 Å². The molecule has 0 aliphatic heterocycles. The fourth-order valence-electron chi connectivity index (χ4n) is 8.17. The van der Waals surface area contributed by atoms with Gasteiger partial charge in [-0.1, -0.05) is 55.8 Å². The predicted molar refractivity (Wildman–Crippen MR) is 124 cm³/mol. The molecule has 0 heterocycles. The lowest BCUT2D eigenvalue weighted by Gasteiger charge is -2.57. The van der Waals surface area contributed by atoms with Gasteiger partial charge in [0.1, 0.15) is 0 Å². The summed E-state index contributed by atoms with van der Waals surface area (Å²) < 4.78 is 0. The van der Waals surface area contributed by atoms with E-state index in [4.69, 9.17) is 0 Å². The molecule has 1 aromatic rings. The number of carbonyl (C=O) groups is 1. The van der Waals surface area contributed by atoms with Gasteiger partial charge in [0.25, 0.3) is 0 Å². The first kappa shape index (κ1) is 21.2. The van der Waals surface area contributed by atoms with Gasteiger partial charge in [0.15, 0.2) is 0 Å². The van der Waals surface area contributed by atoms with Crippen molar-refractivity contribution in [3.05, 3.63) is 47.5 Å². The Morgan fingerprint density at radius 1 is 1.06 bits per heavy atom. The highest BCUT2D eigenvalue weighted by Gasteiger charge is 2.59. The van der Waals surface area contributed by atoms with Gasteiger partial charge in [-0.3, -0.25) is 4.79 Å². The molecule has 0 unspecified atom stereocenters. The van der Waals surface area contributed by atoms with Gasteiger partial charge in [0.05, 0.1) is 6.10 Å². The quantitative estimate of drug-likeness (QED) is 0.650. The van der Waals surface area contributed by atoms with E-state index in [0.29, 0.717) is 17.7 Å². The van der Waals surface area contributed by atoms with Crippen molar-refractivity contribution >= 4 is 5.91 Å². The van der Waals surface area contributed by atoms with Crippen molar-refractivity contribution in [1.82, 2.24) is 5.32 Å². The molecule has 4 aliphatic rings. The van der Waals surface area contributed by atoms with Crippen LogP contribution in [0.25, 0.3) is 0 Å². The third-order valence-electron chi connectivity index (χ3n) is 9.95. The van der Waals surface area contributed by atoms with Gasteiger partial charge in [-0.2, -0.15) is 0 Å². The van der Waals surface area contributed by atoms with E-state index in [-0.39, 0.29) is 22.9 Å². The number of rotatable bonds is 4. The van der Waals surface area contributed by atoms with Gasteiger partial charge < -0.3 is 10.4 Å². The van der Waals surface area contributed by atoms with Crippen molar-refractivity contribution in [3.63, 3.8) is 0 Å². The van der Waals surface area contributed by atoms with Gasteiger partial charge in [-0.15, -0.1) is 0 Å². The Morgan fingerprint density at radius 3 is 2.68 bits per heavy atom. The lowest BCUT2D eigenvalue weighted by molar-refractivity contribution is -0.131. The van der Waals surface area contributed by atoms with Crippen molar-refractivity contribution in [2.45, 2.75) is 77.7 Å². The SMILES string of the molecule is C[C@]12CC[C@H]3[C@@H](CC=C4C[C@@H](O)CC[C@@]43C)[C@@H]1CC[C@@H]2C(=O)NCCc1ccccc1. The Morgan fingerprint density at radius 2 is 1.87 bits per heavy atom. The summed E-state index contributed by atoms with van der Waals surface area (Å²) in [5.74, 6) is 2.57. The lowest BCUT2D eigenvalue weighted by atomic mass is 9.47. The van der Waals surface area contributed by atoms with Crippen molar-refractivity contribution in [2.75, 3.05) is 6.54 Å². The Bertz CT molecular complexity index is 848. The Hall–Kier alpha value is -1.61. The Kier molecular flexibility index (Phi) is 5.53. The fraction of sp³-hybridized carbons (Fsp3) is 0.679. The highest BCUT2D eigenvalue weighted by Crippen LogP contribution is 2.66. The molecule has 3 fully saturated rings. The first-order valence-electron chi connectivity index (χ1n) is 12.6. The third kappa shape index (κ3) is 3.57. The first-order valence-corrected chi connectivity index (χ1v) is 12.6. The number of hydrogen-bond acceptors (Lipinski definition) is 2. The molecule has 4 aliphatic carbocycles. The lowest BCUT2D eigenvalue weighted by Crippen LogP contribution is -2.51. The van der Waals surface area contributed by atoms with Crippen molar-refractivity contribution in [1.29, 1.82) is 0 Å². The summed E-state index contributed by atoms with van der Waals surface area (Å²) >= 11 is 0. The van der Waals surface area contributed by atoms with Crippen molar-refractivity contribution in [3.8, 4) is 0 Å². The van der Waals surface area contributed by atoms with E-state index < -0.39 is 0 Å². The maximum absolute atomic E-state index is 13.2. The number of nitrogens with one attached hydrogen (secondary N) is 1. The largest absolute Gasteiger partial charge is 0.393 e.